The summed E-state index contributed by atoms with van der Waals surface area (Å²) in [7, 11) is 0. The number of hydrogen-bond donors (Lipinski definition) is 2. The average molecular weight is 276 g/mol. The number of nitrogens with zero attached hydrogens (tertiary/aromatic N) is 2. The summed E-state index contributed by atoms with van der Waals surface area (Å²) < 4.78 is 2.27. The van der Waals surface area contributed by atoms with E-state index in [0.29, 0.717) is 13.1 Å². The number of hydrogen-bond acceptors (Lipinski definition) is 3. The monoisotopic (exact) mass is 276 g/mol. The molecule has 20 heavy (non-hydrogen) atoms. The molecule has 0 spiro atoms. The highest BCUT2D eigenvalue weighted by atomic mass is 16.2. The maximum atomic E-state index is 12.6. The van der Waals surface area contributed by atoms with Crippen LogP contribution in [-0.2, 0) is 16.1 Å². The molecular weight excluding hydrogens is 256 g/mol. The van der Waals surface area contributed by atoms with Crippen LogP contribution in [-0.4, -0.2) is 47.0 Å². The van der Waals surface area contributed by atoms with Crippen LogP contribution >= 0.6 is 0 Å². The van der Waals surface area contributed by atoms with Gasteiger partial charge in [0, 0.05) is 31.0 Å². The predicted molar refractivity (Wildman–Crippen MR) is 74.1 cm³/mol. The molecule has 2 aliphatic heterocycles. The molecule has 1 aromatic rings. The van der Waals surface area contributed by atoms with E-state index in [0.717, 1.165) is 6.54 Å². The van der Waals surface area contributed by atoms with Crippen LogP contribution in [0, 0.1) is 6.92 Å². The van der Waals surface area contributed by atoms with Crippen LogP contribution < -0.4 is 10.6 Å². The second-order valence-corrected chi connectivity index (χ2v) is 5.50. The van der Waals surface area contributed by atoms with Gasteiger partial charge in [0.05, 0.1) is 12.6 Å². The molecule has 2 amide bonds. The molecular formula is C14H20N4O2. The second-order valence-electron chi connectivity index (χ2n) is 5.50. The minimum Gasteiger partial charge on any atom is -0.353 e. The normalized spacial score (nSPS) is 26.1. The molecule has 0 radical (unpaired) electrons. The van der Waals surface area contributed by atoms with E-state index in [-0.39, 0.29) is 30.4 Å². The van der Waals surface area contributed by atoms with E-state index in [1.165, 1.54) is 11.4 Å². The fourth-order valence-electron chi connectivity index (χ4n) is 3.06. The van der Waals surface area contributed by atoms with Crippen molar-refractivity contribution in [2.75, 3.05) is 19.6 Å². The lowest BCUT2D eigenvalue weighted by Gasteiger charge is -2.38. The molecule has 0 aromatic carbocycles. The van der Waals surface area contributed by atoms with Gasteiger partial charge in [-0.25, -0.2) is 0 Å². The molecule has 6 heteroatoms. The van der Waals surface area contributed by atoms with Crippen LogP contribution in [0.25, 0.3) is 0 Å². The molecule has 3 rings (SSSR count). The fraction of sp³-hybridized carbons (Fsp3) is 0.571. The largest absolute Gasteiger partial charge is 0.353 e. The van der Waals surface area contributed by atoms with Crippen LogP contribution in [0.1, 0.15) is 24.4 Å². The molecule has 6 nitrogen and oxygen atoms in total. The summed E-state index contributed by atoms with van der Waals surface area (Å²) in [6.45, 7) is 6.29. The number of nitrogens with one attached hydrogen (secondary N) is 2. The Labute approximate surface area is 118 Å². The number of rotatable bonds is 1. The van der Waals surface area contributed by atoms with E-state index in [1.807, 2.05) is 4.90 Å². The standard InChI is InChI=1S/C14H20N4O2/c1-9-3-4-12-10(2)18(6-5-17(9)12)14(20)11-7-16-13(19)8-15-11/h3-4,10-11,15H,5-8H2,1-2H3,(H,16,19). The van der Waals surface area contributed by atoms with Gasteiger partial charge >= 0.3 is 0 Å². The van der Waals surface area contributed by atoms with Gasteiger partial charge in [0.2, 0.25) is 11.8 Å². The van der Waals surface area contributed by atoms with Gasteiger partial charge in [0.25, 0.3) is 0 Å². The fourth-order valence-corrected chi connectivity index (χ4v) is 3.06. The Bertz CT molecular complexity index is 541. The predicted octanol–water partition coefficient (Wildman–Crippen LogP) is -0.212. The molecule has 2 N–H and O–H groups in total. The zero-order valence-electron chi connectivity index (χ0n) is 11.8. The van der Waals surface area contributed by atoms with Crippen LogP contribution in [0.5, 0.6) is 0 Å². The van der Waals surface area contributed by atoms with Crippen molar-refractivity contribution in [1.29, 1.82) is 0 Å². The lowest BCUT2D eigenvalue weighted by Crippen LogP contribution is -2.59. The van der Waals surface area contributed by atoms with Crippen molar-refractivity contribution in [2.45, 2.75) is 32.5 Å². The number of piperazine rings is 1. The summed E-state index contributed by atoms with van der Waals surface area (Å²) in [6, 6.07) is 3.95. The zero-order valence-corrected chi connectivity index (χ0v) is 11.8. The highest BCUT2D eigenvalue weighted by molar-refractivity contribution is 5.87. The molecule has 1 saturated heterocycles. The van der Waals surface area contributed by atoms with Gasteiger partial charge in [-0.2, -0.15) is 0 Å². The summed E-state index contributed by atoms with van der Waals surface area (Å²) in [6.07, 6.45) is 0. The molecule has 108 valence electrons. The Kier molecular flexibility index (Phi) is 3.25. The lowest BCUT2D eigenvalue weighted by atomic mass is 10.1. The third kappa shape index (κ3) is 2.10. The van der Waals surface area contributed by atoms with Crippen LogP contribution in [0.3, 0.4) is 0 Å². The molecule has 2 atom stereocenters. The average Bonchev–Trinajstić information content (AvgIpc) is 2.82. The number of carbonyl (C=O) groups excluding carboxylic acids is 2. The molecule has 1 aromatic heterocycles. The smallest absolute Gasteiger partial charge is 0.242 e. The summed E-state index contributed by atoms with van der Waals surface area (Å²) in [4.78, 5) is 25.6. The molecule has 2 aliphatic rings. The van der Waals surface area contributed by atoms with Crippen molar-refractivity contribution in [3.05, 3.63) is 23.5 Å². The van der Waals surface area contributed by atoms with Crippen LogP contribution in [0.2, 0.25) is 0 Å². The van der Waals surface area contributed by atoms with Crippen molar-refractivity contribution >= 4 is 11.8 Å². The summed E-state index contributed by atoms with van der Waals surface area (Å²) in [5.41, 5.74) is 2.42. The van der Waals surface area contributed by atoms with Gasteiger partial charge in [0.1, 0.15) is 6.04 Å². The Balaban J connectivity index is 1.75. The Morgan fingerprint density at radius 3 is 2.85 bits per heavy atom. The summed E-state index contributed by atoms with van der Waals surface area (Å²) in [5, 5.41) is 5.74. The van der Waals surface area contributed by atoms with Crippen molar-refractivity contribution < 1.29 is 9.59 Å². The number of amides is 2. The van der Waals surface area contributed by atoms with E-state index in [4.69, 9.17) is 0 Å². The molecule has 1 fully saturated rings. The van der Waals surface area contributed by atoms with Gasteiger partial charge in [-0.3, -0.25) is 14.9 Å². The first-order valence-electron chi connectivity index (χ1n) is 7.04. The summed E-state index contributed by atoms with van der Waals surface area (Å²) in [5.74, 6) is 0.0212. The minimum atomic E-state index is -0.308. The quantitative estimate of drug-likeness (QED) is 0.746. The molecule has 0 saturated carbocycles. The third-order valence-corrected chi connectivity index (χ3v) is 4.29. The van der Waals surface area contributed by atoms with Crippen molar-refractivity contribution in [3.63, 3.8) is 0 Å². The van der Waals surface area contributed by atoms with E-state index in [1.54, 1.807) is 0 Å². The van der Waals surface area contributed by atoms with Crippen molar-refractivity contribution in [2.24, 2.45) is 0 Å². The second kappa shape index (κ2) is 4.94. The first kappa shape index (κ1) is 13.2. The molecule has 2 unspecified atom stereocenters. The van der Waals surface area contributed by atoms with Crippen molar-refractivity contribution in [1.82, 2.24) is 20.1 Å². The Hall–Kier alpha value is -1.82. The van der Waals surface area contributed by atoms with E-state index in [2.05, 4.69) is 41.2 Å². The Morgan fingerprint density at radius 1 is 1.35 bits per heavy atom. The van der Waals surface area contributed by atoms with E-state index in [9.17, 15) is 9.59 Å². The minimum absolute atomic E-state index is 0.0507. The summed E-state index contributed by atoms with van der Waals surface area (Å²) >= 11 is 0. The van der Waals surface area contributed by atoms with Gasteiger partial charge < -0.3 is 14.8 Å². The topological polar surface area (TPSA) is 66.4 Å². The number of aryl methyl sites for hydroxylation is 1. The van der Waals surface area contributed by atoms with Gasteiger partial charge in [-0.1, -0.05) is 0 Å². The Morgan fingerprint density at radius 2 is 2.15 bits per heavy atom. The zero-order chi connectivity index (χ0) is 14.3. The highest BCUT2D eigenvalue weighted by Crippen LogP contribution is 2.27. The molecule has 0 aliphatic carbocycles. The first-order chi connectivity index (χ1) is 9.58. The number of fused-ring (bicyclic) bond motifs is 1. The number of carbonyl (C=O) groups is 2. The SMILES string of the molecule is Cc1ccc2n1CCN(C(=O)C1CNC(=O)CN1)C2C. The third-order valence-electron chi connectivity index (χ3n) is 4.29. The van der Waals surface area contributed by atoms with Gasteiger partial charge in [-0.05, 0) is 26.0 Å². The van der Waals surface area contributed by atoms with Gasteiger partial charge in [-0.15, -0.1) is 0 Å². The van der Waals surface area contributed by atoms with Crippen molar-refractivity contribution in [3.8, 4) is 0 Å². The maximum absolute atomic E-state index is 12.6. The van der Waals surface area contributed by atoms with Crippen LogP contribution in [0.15, 0.2) is 12.1 Å². The van der Waals surface area contributed by atoms with Crippen LogP contribution in [0.4, 0.5) is 0 Å². The number of aromatic nitrogens is 1. The van der Waals surface area contributed by atoms with E-state index >= 15 is 0 Å². The van der Waals surface area contributed by atoms with Gasteiger partial charge in [0.15, 0.2) is 0 Å². The highest BCUT2D eigenvalue weighted by Gasteiger charge is 2.33. The first-order valence-corrected chi connectivity index (χ1v) is 7.04. The maximum Gasteiger partial charge on any atom is 0.242 e. The van der Waals surface area contributed by atoms with E-state index < -0.39 is 0 Å². The molecule has 0 bridgehead atoms. The molecule has 3 heterocycles. The lowest BCUT2D eigenvalue weighted by molar-refractivity contribution is -0.137.